The lowest BCUT2D eigenvalue weighted by molar-refractivity contribution is 0.0627. The maximum Gasteiger partial charge on any atom is 0.245 e. The van der Waals surface area contributed by atoms with Gasteiger partial charge in [0.15, 0.2) is 0 Å². The Labute approximate surface area is 89.3 Å². The van der Waals surface area contributed by atoms with Gasteiger partial charge in [0.25, 0.3) is 0 Å². The van der Waals surface area contributed by atoms with Gasteiger partial charge in [-0.05, 0) is 17.0 Å². The highest BCUT2D eigenvalue weighted by Gasteiger charge is 2.35. The van der Waals surface area contributed by atoms with E-state index in [1.807, 2.05) is 0 Å². The predicted molar refractivity (Wildman–Crippen MR) is 59.1 cm³/mol. The Bertz CT molecular complexity index is 329. The lowest BCUT2D eigenvalue weighted by atomic mass is 9.76. The molecule has 1 nitrogen and oxygen atoms in total. The normalized spacial score (nSPS) is 14.3. The van der Waals surface area contributed by atoms with E-state index in [4.69, 9.17) is 5.73 Å². The molecular formula is C12H17F2N. The molecule has 1 unspecified atom stereocenters. The van der Waals surface area contributed by atoms with E-state index in [0.717, 1.165) is 0 Å². The van der Waals surface area contributed by atoms with Gasteiger partial charge in [-0.3, -0.25) is 0 Å². The molecule has 0 radical (unpaired) electrons. The average Bonchev–Trinajstić information content (AvgIpc) is 2.05. The number of benzene rings is 1. The molecule has 0 spiro atoms. The second kappa shape index (κ2) is 4.17. The van der Waals surface area contributed by atoms with Gasteiger partial charge in [-0.25, -0.2) is 8.78 Å². The minimum Gasteiger partial charge on any atom is -0.398 e. The van der Waals surface area contributed by atoms with Gasteiger partial charge in [0, 0.05) is 5.69 Å². The molecule has 1 aromatic carbocycles. The van der Waals surface area contributed by atoms with Crippen molar-refractivity contribution in [2.75, 3.05) is 5.73 Å². The zero-order valence-corrected chi connectivity index (χ0v) is 9.30. The third kappa shape index (κ3) is 2.67. The summed E-state index contributed by atoms with van der Waals surface area (Å²) in [6.07, 6.45) is -2.39. The Kier molecular flexibility index (Phi) is 3.32. The van der Waals surface area contributed by atoms with Crippen molar-refractivity contribution in [2.45, 2.75) is 33.1 Å². The number of halogens is 2. The topological polar surface area (TPSA) is 26.0 Å². The first-order chi connectivity index (χ1) is 6.84. The van der Waals surface area contributed by atoms with Gasteiger partial charge >= 0.3 is 0 Å². The van der Waals surface area contributed by atoms with Crippen LogP contribution in [0.4, 0.5) is 14.5 Å². The van der Waals surface area contributed by atoms with E-state index >= 15 is 0 Å². The van der Waals surface area contributed by atoms with Gasteiger partial charge < -0.3 is 5.73 Å². The van der Waals surface area contributed by atoms with Crippen LogP contribution in [0.2, 0.25) is 0 Å². The Hall–Kier alpha value is -1.12. The first-order valence-electron chi connectivity index (χ1n) is 4.96. The van der Waals surface area contributed by atoms with Crippen molar-refractivity contribution in [1.82, 2.24) is 0 Å². The zero-order valence-electron chi connectivity index (χ0n) is 9.30. The van der Waals surface area contributed by atoms with E-state index < -0.39 is 17.8 Å². The molecule has 0 saturated heterocycles. The van der Waals surface area contributed by atoms with Crippen molar-refractivity contribution < 1.29 is 8.78 Å². The molecule has 0 saturated carbocycles. The molecule has 2 N–H and O–H groups in total. The van der Waals surface area contributed by atoms with Crippen LogP contribution in [0.3, 0.4) is 0 Å². The minimum absolute atomic E-state index is 0.442. The third-order valence-electron chi connectivity index (χ3n) is 2.52. The van der Waals surface area contributed by atoms with Crippen LogP contribution in [0.1, 0.15) is 32.3 Å². The fraction of sp³-hybridized carbons (Fsp3) is 0.500. The van der Waals surface area contributed by atoms with Crippen LogP contribution < -0.4 is 5.73 Å². The Balaban J connectivity index is 3.17. The SMILES string of the molecule is CC(C)(C)C(c1ccccc1N)C(F)F. The molecule has 0 fully saturated rings. The second-order valence-corrected chi connectivity index (χ2v) is 4.81. The summed E-state index contributed by atoms with van der Waals surface area (Å²) in [6.45, 7) is 5.41. The largest absolute Gasteiger partial charge is 0.398 e. The van der Waals surface area contributed by atoms with Crippen LogP contribution in [0.15, 0.2) is 24.3 Å². The fourth-order valence-electron chi connectivity index (χ4n) is 1.77. The fourth-order valence-corrected chi connectivity index (χ4v) is 1.77. The molecule has 0 aliphatic heterocycles. The van der Waals surface area contributed by atoms with Crippen LogP contribution in [0, 0.1) is 5.41 Å². The molecule has 1 rings (SSSR count). The minimum atomic E-state index is -2.39. The number of hydrogen-bond donors (Lipinski definition) is 1. The molecule has 15 heavy (non-hydrogen) atoms. The van der Waals surface area contributed by atoms with E-state index in [1.54, 1.807) is 45.0 Å². The van der Waals surface area contributed by atoms with Gasteiger partial charge in [0.1, 0.15) is 0 Å². The number of alkyl halides is 2. The number of nitrogens with two attached hydrogens (primary N) is 1. The van der Waals surface area contributed by atoms with Gasteiger partial charge in [-0.2, -0.15) is 0 Å². The number of nitrogen functional groups attached to an aromatic ring is 1. The van der Waals surface area contributed by atoms with Crippen molar-refractivity contribution in [3.63, 3.8) is 0 Å². The summed E-state index contributed by atoms with van der Waals surface area (Å²) < 4.78 is 26.0. The first kappa shape index (κ1) is 12.0. The Morgan fingerprint density at radius 3 is 2.07 bits per heavy atom. The van der Waals surface area contributed by atoms with Crippen LogP contribution in [0.25, 0.3) is 0 Å². The smallest absolute Gasteiger partial charge is 0.245 e. The summed E-state index contributed by atoms with van der Waals surface area (Å²) in [5.41, 5.74) is 6.21. The number of rotatable bonds is 2. The standard InChI is InChI=1S/C12H17F2N/c1-12(2,3)10(11(13)14)8-6-4-5-7-9(8)15/h4-7,10-11H,15H2,1-3H3. The number of hydrogen-bond acceptors (Lipinski definition) is 1. The van der Waals surface area contributed by atoms with Gasteiger partial charge in [0.05, 0.1) is 5.92 Å². The summed E-state index contributed by atoms with van der Waals surface area (Å²) in [4.78, 5) is 0. The molecule has 1 aromatic rings. The zero-order chi connectivity index (χ0) is 11.6. The van der Waals surface area contributed by atoms with E-state index in [2.05, 4.69) is 0 Å². The third-order valence-corrected chi connectivity index (χ3v) is 2.52. The number of anilines is 1. The summed E-state index contributed by atoms with van der Waals surface area (Å²) in [5, 5.41) is 0. The van der Waals surface area contributed by atoms with E-state index in [-0.39, 0.29) is 0 Å². The van der Waals surface area contributed by atoms with Crippen LogP contribution in [-0.2, 0) is 0 Å². The molecule has 0 aliphatic rings. The second-order valence-electron chi connectivity index (χ2n) is 4.81. The highest BCUT2D eigenvalue weighted by Crippen LogP contribution is 2.41. The van der Waals surface area contributed by atoms with Crippen molar-refractivity contribution in [1.29, 1.82) is 0 Å². The van der Waals surface area contributed by atoms with Gasteiger partial charge in [-0.1, -0.05) is 39.0 Å². The maximum atomic E-state index is 13.0. The van der Waals surface area contributed by atoms with Crippen LogP contribution >= 0.6 is 0 Å². The summed E-state index contributed by atoms with van der Waals surface area (Å²) in [6, 6.07) is 6.84. The number of para-hydroxylation sites is 1. The lowest BCUT2D eigenvalue weighted by Crippen LogP contribution is -2.25. The van der Waals surface area contributed by atoms with Crippen molar-refractivity contribution in [2.24, 2.45) is 5.41 Å². The van der Waals surface area contributed by atoms with E-state index in [1.165, 1.54) is 0 Å². The average molecular weight is 213 g/mol. The summed E-state index contributed by atoms with van der Waals surface area (Å²) in [7, 11) is 0. The molecule has 0 bridgehead atoms. The molecule has 0 amide bonds. The first-order valence-corrected chi connectivity index (χ1v) is 4.96. The summed E-state index contributed by atoms with van der Waals surface area (Å²) >= 11 is 0. The monoisotopic (exact) mass is 213 g/mol. The molecule has 0 aromatic heterocycles. The quantitative estimate of drug-likeness (QED) is 0.745. The molecule has 0 heterocycles. The Morgan fingerprint density at radius 1 is 1.13 bits per heavy atom. The predicted octanol–water partition coefficient (Wildman–Crippen LogP) is 3.66. The molecule has 1 atom stereocenters. The van der Waals surface area contributed by atoms with Gasteiger partial charge in [-0.15, -0.1) is 0 Å². The van der Waals surface area contributed by atoms with Gasteiger partial charge in [0.2, 0.25) is 6.43 Å². The Morgan fingerprint density at radius 2 is 1.67 bits per heavy atom. The maximum absolute atomic E-state index is 13.0. The molecule has 84 valence electrons. The summed E-state index contributed by atoms with van der Waals surface area (Å²) in [5.74, 6) is -0.821. The molecule has 3 heteroatoms. The van der Waals surface area contributed by atoms with Crippen molar-refractivity contribution in [3.05, 3.63) is 29.8 Å². The van der Waals surface area contributed by atoms with Crippen molar-refractivity contribution >= 4 is 5.69 Å². The highest BCUT2D eigenvalue weighted by molar-refractivity contribution is 5.49. The van der Waals surface area contributed by atoms with Crippen LogP contribution in [-0.4, -0.2) is 6.43 Å². The highest BCUT2D eigenvalue weighted by atomic mass is 19.3. The van der Waals surface area contributed by atoms with E-state index in [9.17, 15) is 8.78 Å². The molecular weight excluding hydrogens is 196 g/mol. The van der Waals surface area contributed by atoms with Crippen molar-refractivity contribution in [3.8, 4) is 0 Å². The lowest BCUT2D eigenvalue weighted by Gasteiger charge is -2.31. The van der Waals surface area contributed by atoms with Crippen LogP contribution in [0.5, 0.6) is 0 Å². The molecule has 0 aliphatic carbocycles. The van der Waals surface area contributed by atoms with E-state index in [0.29, 0.717) is 11.3 Å².